The molecule has 114 valence electrons. The molecule has 0 aliphatic rings. The van der Waals surface area contributed by atoms with Gasteiger partial charge in [0.2, 0.25) is 0 Å². The molecular weight excluding hydrogens is 280 g/mol. The van der Waals surface area contributed by atoms with Crippen molar-refractivity contribution in [2.75, 3.05) is 20.3 Å². The van der Waals surface area contributed by atoms with Gasteiger partial charge in [-0.15, -0.1) is 0 Å². The molecule has 0 aliphatic heterocycles. The summed E-state index contributed by atoms with van der Waals surface area (Å²) in [7, 11) is 1.29. The highest BCUT2D eigenvalue weighted by Gasteiger charge is 2.19. The Labute approximate surface area is 121 Å². The van der Waals surface area contributed by atoms with Crippen LogP contribution < -0.4 is 10.1 Å². The molecule has 1 aromatic carbocycles. The van der Waals surface area contributed by atoms with Gasteiger partial charge in [-0.3, -0.25) is 14.9 Å². The zero-order chi connectivity index (χ0) is 15.8. The number of amides is 1. The summed E-state index contributed by atoms with van der Waals surface area (Å²) in [5.41, 5.74) is -0.367. The van der Waals surface area contributed by atoms with Crippen molar-refractivity contribution in [3.05, 3.63) is 33.9 Å². The topological polar surface area (TPSA) is 108 Å². The molecule has 0 heterocycles. The Morgan fingerprint density at radius 1 is 1.38 bits per heavy atom. The largest absolute Gasteiger partial charge is 0.490 e. The summed E-state index contributed by atoms with van der Waals surface area (Å²) in [4.78, 5) is 33.2. The monoisotopic (exact) mass is 296 g/mol. The highest BCUT2D eigenvalue weighted by Crippen LogP contribution is 2.27. The Hall–Kier alpha value is -2.64. The van der Waals surface area contributed by atoms with Crippen molar-refractivity contribution >= 4 is 17.6 Å². The number of ether oxygens (including phenoxy) is 2. The van der Waals surface area contributed by atoms with Gasteiger partial charge in [0.1, 0.15) is 0 Å². The first-order chi connectivity index (χ1) is 9.99. The Bertz CT molecular complexity index is 543. The van der Waals surface area contributed by atoms with Gasteiger partial charge in [-0.2, -0.15) is 0 Å². The summed E-state index contributed by atoms with van der Waals surface area (Å²) < 4.78 is 9.61. The summed E-state index contributed by atoms with van der Waals surface area (Å²) in [6.07, 6.45) is 0.768. The molecule has 0 atom stereocenters. The molecule has 1 N–H and O–H groups in total. The molecule has 0 bridgehead atoms. The fraction of sp³-hybridized carbons (Fsp3) is 0.385. The first-order valence-corrected chi connectivity index (χ1v) is 6.25. The minimum absolute atomic E-state index is 0.0224. The van der Waals surface area contributed by atoms with Gasteiger partial charge in [0.05, 0.1) is 17.6 Å². The van der Waals surface area contributed by atoms with E-state index in [9.17, 15) is 19.7 Å². The molecule has 21 heavy (non-hydrogen) atoms. The van der Waals surface area contributed by atoms with Gasteiger partial charge in [0.15, 0.2) is 12.4 Å². The number of hydrogen-bond acceptors (Lipinski definition) is 6. The molecule has 0 unspecified atom stereocenters. The van der Waals surface area contributed by atoms with E-state index in [0.29, 0.717) is 6.54 Å². The molecular formula is C13H16N2O6. The van der Waals surface area contributed by atoms with Crippen LogP contribution in [-0.2, 0) is 9.53 Å². The lowest BCUT2D eigenvalue weighted by Crippen LogP contribution is -2.29. The molecule has 0 fully saturated rings. The number of benzene rings is 1. The first kappa shape index (κ1) is 16.4. The molecule has 0 aromatic heterocycles. The Balaban J connectivity index is 2.72. The second kappa shape index (κ2) is 7.83. The summed E-state index contributed by atoms with van der Waals surface area (Å²) in [5, 5.41) is 13.4. The van der Waals surface area contributed by atoms with Crippen molar-refractivity contribution in [3.63, 3.8) is 0 Å². The normalized spacial score (nSPS) is 9.81. The van der Waals surface area contributed by atoms with Crippen LogP contribution in [0.2, 0.25) is 0 Å². The van der Waals surface area contributed by atoms with Crippen LogP contribution in [-0.4, -0.2) is 37.1 Å². The van der Waals surface area contributed by atoms with E-state index in [2.05, 4.69) is 5.32 Å². The van der Waals surface area contributed by atoms with Crippen LogP contribution >= 0.6 is 0 Å². The van der Waals surface area contributed by atoms with Crippen LogP contribution in [0.5, 0.6) is 5.75 Å². The Morgan fingerprint density at radius 3 is 2.67 bits per heavy atom. The van der Waals surface area contributed by atoms with Crippen LogP contribution in [0.4, 0.5) is 5.69 Å². The third-order valence-corrected chi connectivity index (χ3v) is 2.52. The highest BCUT2D eigenvalue weighted by atomic mass is 16.6. The average Bonchev–Trinajstić information content (AvgIpc) is 2.49. The quantitative estimate of drug-likeness (QED) is 0.461. The number of carbonyl (C=O) groups is 2. The molecule has 0 spiro atoms. The van der Waals surface area contributed by atoms with Gasteiger partial charge in [0.25, 0.3) is 5.91 Å². The SMILES string of the molecule is CCCNC(=O)COC(=O)c1ccc(OC)c([N+](=O)[O-])c1. The smallest absolute Gasteiger partial charge is 0.338 e. The molecule has 0 radical (unpaired) electrons. The lowest BCUT2D eigenvalue weighted by molar-refractivity contribution is -0.385. The fourth-order valence-electron chi connectivity index (χ4n) is 1.49. The third-order valence-electron chi connectivity index (χ3n) is 2.52. The van der Waals surface area contributed by atoms with E-state index in [-0.39, 0.29) is 17.0 Å². The van der Waals surface area contributed by atoms with Crippen molar-refractivity contribution in [1.29, 1.82) is 0 Å². The van der Waals surface area contributed by atoms with E-state index < -0.39 is 23.4 Å². The van der Waals surface area contributed by atoms with Crippen LogP contribution in [0.25, 0.3) is 0 Å². The van der Waals surface area contributed by atoms with E-state index in [1.165, 1.54) is 19.2 Å². The van der Waals surface area contributed by atoms with E-state index in [1.54, 1.807) is 0 Å². The Morgan fingerprint density at radius 2 is 2.10 bits per heavy atom. The molecule has 1 rings (SSSR count). The van der Waals surface area contributed by atoms with Gasteiger partial charge < -0.3 is 14.8 Å². The van der Waals surface area contributed by atoms with E-state index in [4.69, 9.17) is 9.47 Å². The van der Waals surface area contributed by atoms with Crippen molar-refractivity contribution < 1.29 is 24.0 Å². The molecule has 0 saturated carbocycles. The standard InChI is InChI=1S/C13H16N2O6/c1-3-6-14-12(16)8-21-13(17)9-4-5-11(20-2)10(7-9)15(18)19/h4-5,7H,3,6,8H2,1-2H3,(H,14,16). The zero-order valence-corrected chi connectivity index (χ0v) is 11.8. The summed E-state index contributed by atoms with van der Waals surface area (Å²) >= 11 is 0. The molecule has 0 aliphatic carbocycles. The summed E-state index contributed by atoms with van der Waals surface area (Å²) in [6.45, 7) is 1.95. The molecule has 0 saturated heterocycles. The lowest BCUT2D eigenvalue weighted by atomic mass is 10.2. The van der Waals surface area contributed by atoms with Gasteiger partial charge in [-0.1, -0.05) is 6.92 Å². The maximum Gasteiger partial charge on any atom is 0.338 e. The molecule has 1 aromatic rings. The minimum Gasteiger partial charge on any atom is -0.490 e. The fourth-order valence-corrected chi connectivity index (χ4v) is 1.49. The van der Waals surface area contributed by atoms with Crippen molar-refractivity contribution in [1.82, 2.24) is 5.32 Å². The maximum absolute atomic E-state index is 11.7. The Kier molecular flexibility index (Phi) is 6.12. The number of esters is 1. The van der Waals surface area contributed by atoms with Crippen molar-refractivity contribution in [2.24, 2.45) is 0 Å². The van der Waals surface area contributed by atoms with Crippen LogP contribution in [0.3, 0.4) is 0 Å². The van der Waals surface area contributed by atoms with Crippen LogP contribution in [0.1, 0.15) is 23.7 Å². The number of carbonyl (C=O) groups excluding carboxylic acids is 2. The predicted molar refractivity (Wildman–Crippen MR) is 73.2 cm³/mol. The number of methoxy groups -OCH3 is 1. The highest BCUT2D eigenvalue weighted by molar-refractivity contribution is 5.92. The van der Waals surface area contributed by atoms with Crippen molar-refractivity contribution in [2.45, 2.75) is 13.3 Å². The van der Waals surface area contributed by atoms with Gasteiger partial charge in [-0.05, 0) is 18.6 Å². The average molecular weight is 296 g/mol. The third kappa shape index (κ3) is 4.75. The number of hydrogen-bond donors (Lipinski definition) is 1. The lowest BCUT2D eigenvalue weighted by Gasteiger charge is -2.06. The second-order valence-electron chi connectivity index (χ2n) is 4.07. The minimum atomic E-state index is -0.813. The maximum atomic E-state index is 11.7. The van der Waals surface area contributed by atoms with E-state index >= 15 is 0 Å². The van der Waals surface area contributed by atoms with Gasteiger partial charge in [-0.25, -0.2) is 4.79 Å². The summed E-state index contributed by atoms with van der Waals surface area (Å²) in [5.74, 6) is -1.20. The molecule has 1 amide bonds. The number of nitro benzene ring substituents is 1. The van der Waals surface area contributed by atoms with Crippen LogP contribution in [0, 0.1) is 10.1 Å². The number of nitrogens with one attached hydrogen (secondary N) is 1. The number of nitro groups is 1. The summed E-state index contributed by atoms with van der Waals surface area (Å²) in [6, 6.07) is 3.68. The second-order valence-corrected chi connectivity index (χ2v) is 4.07. The van der Waals surface area contributed by atoms with E-state index in [0.717, 1.165) is 12.5 Å². The van der Waals surface area contributed by atoms with Gasteiger partial charge >= 0.3 is 11.7 Å². The number of nitrogens with zero attached hydrogens (tertiary/aromatic N) is 1. The zero-order valence-electron chi connectivity index (χ0n) is 11.8. The first-order valence-electron chi connectivity index (χ1n) is 6.25. The van der Waals surface area contributed by atoms with Crippen LogP contribution in [0.15, 0.2) is 18.2 Å². The van der Waals surface area contributed by atoms with E-state index in [1.807, 2.05) is 6.92 Å². The molecule has 8 nitrogen and oxygen atoms in total. The molecule has 8 heteroatoms. The number of rotatable bonds is 7. The van der Waals surface area contributed by atoms with Crippen molar-refractivity contribution in [3.8, 4) is 5.75 Å². The predicted octanol–water partition coefficient (Wildman–Crippen LogP) is 1.29. The van der Waals surface area contributed by atoms with Gasteiger partial charge in [0, 0.05) is 12.6 Å².